The number of hydrogen-bond donors (Lipinski definition) is 1. The zero-order valence-electron chi connectivity index (χ0n) is 19.2. The van der Waals surface area contributed by atoms with Crippen molar-refractivity contribution in [1.29, 1.82) is 0 Å². The summed E-state index contributed by atoms with van der Waals surface area (Å²) in [6.07, 6.45) is 0.881. The van der Waals surface area contributed by atoms with Crippen LogP contribution >= 0.6 is 23.4 Å². The molecule has 0 fully saturated rings. The van der Waals surface area contributed by atoms with Gasteiger partial charge in [0.05, 0.1) is 5.57 Å². The smallest absolute Gasteiger partial charge is 0.336 e. The fourth-order valence-electron chi connectivity index (χ4n) is 4.74. The summed E-state index contributed by atoms with van der Waals surface area (Å²) in [7, 11) is 0. The van der Waals surface area contributed by atoms with E-state index in [1.165, 1.54) is 12.1 Å². The fraction of sp³-hybridized carbons (Fsp3) is 0.333. The second kappa shape index (κ2) is 10.8. The lowest BCUT2D eigenvalue weighted by Crippen LogP contribution is -2.36. The molecule has 0 aromatic heterocycles. The zero-order valence-corrected chi connectivity index (χ0v) is 20.8. The number of nitrogens with one attached hydrogen (secondary N) is 1. The van der Waals surface area contributed by atoms with Gasteiger partial charge in [0.2, 0.25) is 0 Å². The van der Waals surface area contributed by atoms with E-state index in [1.807, 2.05) is 38.1 Å². The predicted octanol–water partition coefficient (Wildman–Crippen LogP) is 6.14. The summed E-state index contributed by atoms with van der Waals surface area (Å²) in [5.74, 6) is 0.0981. The molecule has 0 saturated carbocycles. The summed E-state index contributed by atoms with van der Waals surface area (Å²) in [6.45, 7) is 4.16. The van der Waals surface area contributed by atoms with Crippen molar-refractivity contribution < 1.29 is 18.7 Å². The van der Waals surface area contributed by atoms with Crippen LogP contribution in [0.3, 0.4) is 0 Å². The average Bonchev–Trinajstić information content (AvgIpc) is 2.81. The van der Waals surface area contributed by atoms with E-state index in [0.717, 1.165) is 17.0 Å². The van der Waals surface area contributed by atoms with Crippen molar-refractivity contribution in [3.63, 3.8) is 0 Å². The molecular formula is C27H27ClFNO3S. The Balaban J connectivity index is 1.72. The Morgan fingerprint density at radius 2 is 1.91 bits per heavy atom. The largest absolute Gasteiger partial charge is 0.461 e. The molecule has 7 heteroatoms. The molecule has 2 aromatic carbocycles. The highest BCUT2D eigenvalue weighted by molar-refractivity contribution is 7.99. The van der Waals surface area contributed by atoms with Crippen LogP contribution in [0.4, 0.5) is 4.39 Å². The lowest BCUT2D eigenvalue weighted by Gasteiger charge is -2.37. The minimum absolute atomic E-state index is 0.0488. The zero-order chi connectivity index (χ0) is 24.2. The molecule has 1 heterocycles. The molecule has 1 N–H and O–H groups in total. The van der Waals surface area contributed by atoms with Crippen LogP contribution in [-0.4, -0.2) is 29.9 Å². The molecule has 4 nitrogen and oxygen atoms in total. The second-order valence-corrected chi connectivity index (χ2v) is 10.2. The standard InChI is InChI=1S/C27H27ClFNO3S/c1-3-34-13-12-33-27(32)24-16(2)30-22-14-18(20-6-4-5-7-21(20)28)15-23(31)26(22)25(24)17-8-10-19(29)11-9-17/h4-11,18,25,30H,3,12-15H2,1-2H3/t18-,25-/m1/s1. The number of ketones is 1. The molecule has 1 aliphatic carbocycles. The van der Waals surface area contributed by atoms with Gasteiger partial charge in [-0.3, -0.25) is 4.79 Å². The number of benzene rings is 2. The van der Waals surface area contributed by atoms with Gasteiger partial charge in [-0.05, 0) is 54.3 Å². The maximum absolute atomic E-state index is 13.7. The summed E-state index contributed by atoms with van der Waals surface area (Å²) >= 11 is 8.12. The lowest BCUT2D eigenvalue weighted by molar-refractivity contribution is -0.138. The first-order valence-corrected chi connectivity index (χ1v) is 12.9. The van der Waals surface area contributed by atoms with Crippen molar-refractivity contribution in [3.05, 3.63) is 93.0 Å². The third kappa shape index (κ3) is 5.08. The molecule has 2 aromatic rings. The minimum atomic E-state index is -0.608. The first kappa shape index (κ1) is 24.6. The summed E-state index contributed by atoms with van der Waals surface area (Å²) in [6, 6.07) is 13.5. The predicted molar refractivity (Wildman–Crippen MR) is 134 cm³/mol. The first-order chi connectivity index (χ1) is 16.4. The molecule has 4 rings (SSSR count). The van der Waals surface area contributed by atoms with Crippen LogP contribution in [0.5, 0.6) is 0 Å². The molecule has 2 atom stereocenters. The van der Waals surface area contributed by atoms with Crippen LogP contribution in [0, 0.1) is 5.82 Å². The molecule has 0 spiro atoms. The van der Waals surface area contributed by atoms with Gasteiger partial charge in [-0.15, -0.1) is 0 Å². The number of allylic oxidation sites excluding steroid dienone is 3. The Labute approximate surface area is 208 Å². The molecule has 2 aliphatic rings. The number of halogens is 2. The van der Waals surface area contributed by atoms with Gasteiger partial charge in [0.15, 0.2) is 5.78 Å². The number of thioether (sulfide) groups is 1. The highest BCUT2D eigenvalue weighted by Crippen LogP contribution is 2.46. The number of ether oxygens (including phenoxy) is 1. The van der Waals surface area contributed by atoms with Crippen LogP contribution in [0.25, 0.3) is 0 Å². The van der Waals surface area contributed by atoms with Gasteiger partial charge >= 0.3 is 5.97 Å². The van der Waals surface area contributed by atoms with E-state index in [1.54, 1.807) is 23.9 Å². The van der Waals surface area contributed by atoms with E-state index in [0.29, 0.717) is 46.2 Å². The molecule has 1 aliphatic heterocycles. The second-order valence-electron chi connectivity index (χ2n) is 8.42. The third-order valence-corrected chi connectivity index (χ3v) is 7.47. The molecule has 0 amide bonds. The third-order valence-electron chi connectivity index (χ3n) is 6.26. The van der Waals surface area contributed by atoms with Crippen molar-refractivity contribution in [3.8, 4) is 0 Å². The van der Waals surface area contributed by atoms with Crippen LogP contribution in [0.15, 0.2) is 71.1 Å². The number of hydrogen-bond acceptors (Lipinski definition) is 5. The van der Waals surface area contributed by atoms with Gasteiger partial charge in [-0.1, -0.05) is 48.9 Å². The van der Waals surface area contributed by atoms with Gasteiger partial charge < -0.3 is 10.1 Å². The van der Waals surface area contributed by atoms with Gasteiger partial charge in [0.25, 0.3) is 0 Å². The fourth-order valence-corrected chi connectivity index (χ4v) is 5.52. The number of rotatable bonds is 7. The van der Waals surface area contributed by atoms with Crippen molar-refractivity contribution in [1.82, 2.24) is 5.32 Å². The monoisotopic (exact) mass is 499 g/mol. The highest BCUT2D eigenvalue weighted by atomic mass is 35.5. The molecule has 0 radical (unpaired) electrons. The number of esters is 1. The Morgan fingerprint density at radius 3 is 2.62 bits per heavy atom. The van der Waals surface area contributed by atoms with E-state index in [-0.39, 0.29) is 23.9 Å². The summed E-state index contributed by atoms with van der Waals surface area (Å²) in [5.41, 5.74) is 4.00. The summed E-state index contributed by atoms with van der Waals surface area (Å²) in [4.78, 5) is 26.7. The Morgan fingerprint density at radius 1 is 1.18 bits per heavy atom. The summed E-state index contributed by atoms with van der Waals surface area (Å²) in [5, 5.41) is 3.96. The quantitative estimate of drug-likeness (QED) is 0.366. The summed E-state index contributed by atoms with van der Waals surface area (Å²) < 4.78 is 19.3. The van der Waals surface area contributed by atoms with Crippen molar-refractivity contribution in [2.24, 2.45) is 0 Å². The number of dihydropyridines is 1. The van der Waals surface area contributed by atoms with Crippen LogP contribution < -0.4 is 5.32 Å². The molecule has 0 bridgehead atoms. The van der Waals surface area contributed by atoms with Crippen molar-refractivity contribution in [2.75, 3.05) is 18.1 Å². The van der Waals surface area contributed by atoms with Crippen LogP contribution in [0.2, 0.25) is 5.02 Å². The normalized spacial score (nSPS) is 20.2. The van der Waals surface area contributed by atoms with Gasteiger partial charge in [-0.2, -0.15) is 11.8 Å². The maximum Gasteiger partial charge on any atom is 0.336 e. The first-order valence-electron chi connectivity index (χ1n) is 11.4. The Hall–Kier alpha value is -2.57. The van der Waals surface area contributed by atoms with Gasteiger partial charge in [0.1, 0.15) is 12.4 Å². The Kier molecular flexibility index (Phi) is 7.79. The van der Waals surface area contributed by atoms with Crippen LogP contribution in [0.1, 0.15) is 49.7 Å². The van der Waals surface area contributed by atoms with E-state index in [9.17, 15) is 14.0 Å². The number of Topliss-reactive ketones (excluding diaryl/α,β-unsaturated/α-hetero) is 1. The van der Waals surface area contributed by atoms with Crippen molar-refractivity contribution >= 4 is 35.1 Å². The molecule has 0 unspecified atom stereocenters. The number of carbonyl (C=O) groups excluding carboxylic acids is 2. The van der Waals surface area contributed by atoms with E-state index in [2.05, 4.69) is 5.32 Å². The van der Waals surface area contributed by atoms with E-state index in [4.69, 9.17) is 16.3 Å². The maximum atomic E-state index is 13.7. The highest BCUT2D eigenvalue weighted by Gasteiger charge is 2.41. The average molecular weight is 500 g/mol. The molecule has 0 saturated heterocycles. The van der Waals surface area contributed by atoms with Gasteiger partial charge in [-0.25, -0.2) is 9.18 Å². The number of carbonyl (C=O) groups is 2. The molecule has 178 valence electrons. The topological polar surface area (TPSA) is 55.4 Å². The van der Waals surface area contributed by atoms with Gasteiger partial charge in [0, 0.05) is 40.1 Å². The minimum Gasteiger partial charge on any atom is -0.461 e. The lowest BCUT2D eigenvalue weighted by atomic mass is 9.71. The molecular weight excluding hydrogens is 473 g/mol. The SMILES string of the molecule is CCSCCOC(=O)C1=C(C)NC2=C(C(=O)C[C@H](c3ccccc3Cl)C2)[C@@H]1c1ccc(F)cc1. The van der Waals surface area contributed by atoms with E-state index >= 15 is 0 Å². The van der Waals surface area contributed by atoms with Crippen LogP contribution in [-0.2, 0) is 14.3 Å². The molecule has 34 heavy (non-hydrogen) atoms. The van der Waals surface area contributed by atoms with Crippen molar-refractivity contribution in [2.45, 2.75) is 38.5 Å². The Bertz CT molecular complexity index is 1160. The van der Waals surface area contributed by atoms with E-state index < -0.39 is 11.9 Å².